The van der Waals surface area contributed by atoms with E-state index in [0.29, 0.717) is 17.7 Å². The van der Waals surface area contributed by atoms with Crippen LogP contribution in [-0.2, 0) is 19.4 Å². The van der Waals surface area contributed by atoms with E-state index in [1.54, 1.807) is 0 Å². The van der Waals surface area contributed by atoms with Crippen molar-refractivity contribution in [3.63, 3.8) is 0 Å². The summed E-state index contributed by atoms with van der Waals surface area (Å²) in [6.45, 7) is 7.46. The predicted octanol–water partition coefficient (Wildman–Crippen LogP) is 1.67. The predicted molar refractivity (Wildman–Crippen MR) is 123 cm³/mol. The molecule has 9 heteroatoms. The first-order valence-electron chi connectivity index (χ1n) is 11.6. The second kappa shape index (κ2) is 9.79. The van der Waals surface area contributed by atoms with Crippen LogP contribution >= 0.6 is 0 Å². The molecule has 1 aliphatic heterocycles. The first-order chi connectivity index (χ1) is 15.7. The van der Waals surface area contributed by atoms with Crippen LogP contribution in [0.5, 0.6) is 17.5 Å². The fourth-order valence-corrected chi connectivity index (χ4v) is 4.78. The Bertz CT molecular complexity index is 924. The van der Waals surface area contributed by atoms with Crippen molar-refractivity contribution in [3.8, 4) is 17.5 Å². The average molecular weight is 464 g/mol. The molecule has 8 nitrogen and oxygen atoms in total. The number of aliphatic hydroxyl groups excluding tert-OH is 2. The molecule has 4 N–H and O–H groups in total. The lowest BCUT2D eigenvalue weighted by Crippen LogP contribution is -2.49. The molecule has 182 valence electrons. The monoisotopic (exact) mass is 463 g/mol. The van der Waals surface area contributed by atoms with E-state index in [-0.39, 0.29) is 37.3 Å². The van der Waals surface area contributed by atoms with E-state index < -0.39 is 18.4 Å². The summed E-state index contributed by atoms with van der Waals surface area (Å²) in [4.78, 5) is 4.42. The lowest BCUT2D eigenvalue weighted by molar-refractivity contribution is 0.0700. The van der Waals surface area contributed by atoms with Gasteiger partial charge in [0.2, 0.25) is 0 Å². The summed E-state index contributed by atoms with van der Waals surface area (Å²) in [5.41, 5.74) is 1.73. The van der Waals surface area contributed by atoms with Gasteiger partial charge in [-0.2, -0.15) is 0 Å². The summed E-state index contributed by atoms with van der Waals surface area (Å²) in [5, 5.41) is 41.4. The molecule has 0 saturated carbocycles. The first kappa shape index (κ1) is 23.7. The third-order valence-electron chi connectivity index (χ3n) is 6.45. The molecule has 3 atom stereocenters. The minimum atomic E-state index is -1.48. The lowest BCUT2D eigenvalue weighted by Gasteiger charge is -2.37. The maximum atomic E-state index is 13.9. The molecule has 0 spiro atoms. The van der Waals surface area contributed by atoms with Gasteiger partial charge in [-0.15, -0.1) is 0 Å². The van der Waals surface area contributed by atoms with Crippen molar-refractivity contribution in [2.45, 2.75) is 57.7 Å². The van der Waals surface area contributed by atoms with E-state index in [4.69, 9.17) is 4.74 Å². The second-order valence-corrected chi connectivity index (χ2v) is 9.28. The zero-order chi connectivity index (χ0) is 23.7. The molecule has 4 rings (SSSR count). The topological polar surface area (TPSA) is 102 Å². The van der Waals surface area contributed by atoms with Crippen LogP contribution in [0.2, 0.25) is 0 Å². The van der Waals surface area contributed by atoms with Crippen LogP contribution in [0.3, 0.4) is 0 Å². The van der Waals surface area contributed by atoms with Gasteiger partial charge in [0, 0.05) is 56.7 Å². The van der Waals surface area contributed by atoms with Gasteiger partial charge in [-0.3, -0.25) is 9.47 Å². The van der Waals surface area contributed by atoms with Crippen LogP contribution in [0.4, 0.5) is 10.1 Å². The van der Waals surface area contributed by atoms with Gasteiger partial charge in [-0.25, -0.2) is 4.39 Å². The summed E-state index contributed by atoms with van der Waals surface area (Å²) in [6.07, 6.45) is -3.61. The summed E-state index contributed by atoms with van der Waals surface area (Å²) >= 11 is 0. The zero-order valence-electron chi connectivity index (χ0n) is 19.2. The number of halogens is 1. The Kier molecular flexibility index (Phi) is 7.02. The normalized spacial score (nSPS) is 22.4. The fraction of sp³-hybridized carbons (Fsp3) is 0.583. The summed E-state index contributed by atoms with van der Waals surface area (Å²) < 4.78 is 21.0. The molecular formula is C24H34FN3O5. The van der Waals surface area contributed by atoms with Crippen molar-refractivity contribution in [3.05, 3.63) is 35.4 Å². The Morgan fingerprint density at radius 2 is 1.64 bits per heavy atom. The van der Waals surface area contributed by atoms with Gasteiger partial charge in [0.15, 0.2) is 11.8 Å². The smallest absolute Gasteiger partial charge is 0.197 e. The number of β-amino-alcohol motifs (C(OH)–C–C–N with tert-alkyl or cyclic N) is 1. The Morgan fingerprint density at radius 3 is 2.30 bits per heavy atom. The van der Waals surface area contributed by atoms with Crippen molar-refractivity contribution in [1.29, 1.82) is 0 Å². The van der Waals surface area contributed by atoms with Gasteiger partial charge in [0.1, 0.15) is 11.9 Å². The van der Waals surface area contributed by atoms with Crippen LogP contribution < -0.4 is 9.64 Å². The maximum Gasteiger partial charge on any atom is 0.197 e. The number of piperazine rings is 1. The molecule has 2 heterocycles. The summed E-state index contributed by atoms with van der Waals surface area (Å²) in [7, 11) is 0. The highest BCUT2D eigenvalue weighted by atomic mass is 19.1. The largest absolute Gasteiger partial charge is 0.494 e. The van der Waals surface area contributed by atoms with E-state index in [2.05, 4.69) is 15.9 Å². The molecule has 3 unspecified atom stereocenters. The van der Waals surface area contributed by atoms with Crippen LogP contribution in [0.25, 0.3) is 0 Å². The molecule has 0 radical (unpaired) electrons. The number of hydrogen-bond donors (Lipinski definition) is 4. The van der Waals surface area contributed by atoms with Gasteiger partial charge >= 0.3 is 0 Å². The van der Waals surface area contributed by atoms with Crippen molar-refractivity contribution < 1.29 is 29.6 Å². The van der Waals surface area contributed by atoms with Crippen LogP contribution in [0.15, 0.2) is 24.3 Å². The number of fused-ring (bicyclic) bond motifs is 1. The van der Waals surface area contributed by atoms with Crippen molar-refractivity contribution >= 4 is 5.69 Å². The van der Waals surface area contributed by atoms with E-state index in [1.165, 1.54) is 4.57 Å². The zero-order valence-corrected chi connectivity index (χ0v) is 19.2. The van der Waals surface area contributed by atoms with E-state index in [1.807, 2.05) is 32.0 Å². The summed E-state index contributed by atoms with van der Waals surface area (Å²) in [5.74, 6) is 0.422. The van der Waals surface area contributed by atoms with Crippen LogP contribution in [0.1, 0.15) is 25.0 Å². The number of nitrogens with zero attached hydrogens (tertiary/aromatic N) is 3. The molecule has 1 saturated heterocycles. The molecule has 1 fully saturated rings. The number of hydrogen-bond acceptors (Lipinski definition) is 7. The van der Waals surface area contributed by atoms with Crippen molar-refractivity contribution in [2.75, 3.05) is 37.6 Å². The minimum Gasteiger partial charge on any atom is -0.494 e. The third-order valence-corrected chi connectivity index (χ3v) is 6.45. The molecule has 1 aromatic carbocycles. The maximum absolute atomic E-state index is 13.9. The van der Waals surface area contributed by atoms with Gasteiger partial charge in [0.25, 0.3) is 0 Å². The highest BCUT2D eigenvalue weighted by Gasteiger charge is 2.35. The SMILES string of the molecule is CC(C)Oc1ccccc1N1CCN(CC(O)Cn2c(O)c3c(c2O)CC(F)C(O)C3)CC1. The van der Waals surface area contributed by atoms with Gasteiger partial charge in [0.05, 0.1) is 30.5 Å². The number of aliphatic hydroxyl groups is 2. The van der Waals surface area contributed by atoms with Crippen LogP contribution in [0, 0.1) is 0 Å². The molecule has 1 aromatic heterocycles. The quantitative estimate of drug-likeness (QED) is 0.496. The Balaban J connectivity index is 1.35. The standard InChI is InChI=1S/C24H34FN3O5/c1-15(2)33-22-6-4-3-5-20(22)27-9-7-26(8-10-27)13-16(29)14-28-23(31)17-11-19(25)21(30)12-18(17)24(28)32/h3-6,15-16,19,21,29-32H,7-14H2,1-2H3. The van der Waals surface area contributed by atoms with E-state index in [0.717, 1.165) is 37.6 Å². The number of benzene rings is 1. The first-order valence-corrected chi connectivity index (χ1v) is 11.6. The number of para-hydroxylation sites is 2. The number of rotatable bonds is 7. The van der Waals surface area contributed by atoms with Crippen LogP contribution in [-0.4, -0.2) is 87.1 Å². The highest BCUT2D eigenvalue weighted by Crippen LogP contribution is 2.39. The van der Waals surface area contributed by atoms with E-state index in [9.17, 15) is 24.8 Å². The Labute approximate surface area is 193 Å². The number of ether oxygens (including phenoxy) is 1. The highest BCUT2D eigenvalue weighted by molar-refractivity contribution is 5.58. The molecule has 0 bridgehead atoms. The second-order valence-electron chi connectivity index (χ2n) is 9.28. The molecular weight excluding hydrogens is 429 g/mol. The lowest BCUT2D eigenvalue weighted by atomic mass is 9.91. The number of aromatic hydroxyl groups is 2. The summed E-state index contributed by atoms with van der Waals surface area (Å²) in [6, 6.07) is 8.00. The molecule has 0 amide bonds. The number of anilines is 1. The molecule has 2 aromatic rings. The molecule has 2 aliphatic rings. The molecule has 33 heavy (non-hydrogen) atoms. The Morgan fingerprint density at radius 1 is 1.00 bits per heavy atom. The minimum absolute atomic E-state index is 0.0109. The van der Waals surface area contributed by atoms with Crippen molar-refractivity contribution in [1.82, 2.24) is 9.47 Å². The van der Waals surface area contributed by atoms with Crippen molar-refractivity contribution in [2.24, 2.45) is 0 Å². The van der Waals surface area contributed by atoms with E-state index >= 15 is 0 Å². The van der Waals surface area contributed by atoms with Gasteiger partial charge < -0.3 is 30.1 Å². The number of aromatic nitrogens is 1. The average Bonchev–Trinajstić information content (AvgIpc) is 2.99. The Hall–Kier alpha value is -2.49. The molecule has 1 aliphatic carbocycles. The van der Waals surface area contributed by atoms with Gasteiger partial charge in [-0.1, -0.05) is 12.1 Å². The van der Waals surface area contributed by atoms with Gasteiger partial charge in [-0.05, 0) is 26.0 Å². The third kappa shape index (κ3) is 5.05. The fourth-order valence-electron chi connectivity index (χ4n) is 4.78. The number of alkyl halides is 1.